The van der Waals surface area contributed by atoms with Crippen molar-refractivity contribution in [2.75, 3.05) is 46.5 Å². The van der Waals surface area contributed by atoms with E-state index >= 15 is 0 Å². The van der Waals surface area contributed by atoms with E-state index in [0.717, 1.165) is 56.5 Å². The van der Waals surface area contributed by atoms with Gasteiger partial charge in [-0.2, -0.15) is 0 Å². The summed E-state index contributed by atoms with van der Waals surface area (Å²) in [4.78, 5) is 6.90. The molecule has 2 N–H and O–H groups in total. The minimum atomic E-state index is -0.648. The second kappa shape index (κ2) is 12.3. The summed E-state index contributed by atoms with van der Waals surface area (Å²) >= 11 is 0. The van der Waals surface area contributed by atoms with Crippen LogP contribution in [0.3, 0.4) is 0 Å². The second-order valence-electron chi connectivity index (χ2n) is 6.25. The van der Waals surface area contributed by atoms with Crippen LogP contribution < -0.4 is 10.1 Å². The zero-order valence-electron chi connectivity index (χ0n) is 16.0. The number of methoxy groups -OCH3 is 1. The smallest absolute Gasteiger partial charge is 0.194 e. The van der Waals surface area contributed by atoms with Crippen LogP contribution in [0.5, 0.6) is 5.75 Å². The molecule has 26 heavy (non-hydrogen) atoms. The molecule has 1 aromatic carbocycles. The Morgan fingerprint density at radius 2 is 2.23 bits per heavy atom. The molecule has 1 saturated heterocycles. The van der Waals surface area contributed by atoms with Gasteiger partial charge in [0.1, 0.15) is 5.75 Å². The molecule has 1 fully saturated rings. The lowest BCUT2D eigenvalue weighted by Crippen LogP contribution is -2.40. The van der Waals surface area contributed by atoms with Crippen LogP contribution >= 0.6 is 24.0 Å². The minimum Gasteiger partial charge on any atom is -0.497 e. The van der Waals surface area contributed by atoms with E-state index in [4.69, 9.17) is 9.47 Å². The molecule has 1 aromatic rings. The molecule has 0 aromatic heterocycles. The van der Waals surface area contributed by atoms with Gasteiger partial charge in [-0.25, -0.2) is 0 Å². The van der Waals surface area contributed by atoms with Crippen molar-refractivity contribution in [1.29, 1.82) is 0 Å². The number of ether oxygens (including phenoxy) is 2. The lowest BCUT2D eigenvalue weighted by molar-refractivity contribution is 0.114. The number of nitrogens with zero attached hydrogens (tertiary/aromatic N) is 2. The van der Waals surface area contributed by atoms with Gasteiger partial charge in [0, 0.05) is 32.2 Å². The first-order chi connectivity index (χ1) is 12.2. The summed E-state index contributed by atoms with van der Waals surface area (Å²) in [5.74, 6) is 2.15. The molecule has 7 heteroatoms. The van der Waals surface area contributed by atoms with Crippen molar-refractivity contribution in [3.8, 4) is 5.75 Å². The maximum atomic E-state index is 10.4. The van der Waals surface area contributed by atoms with Crippen LogP contribution in [-0.4, -0.2) is 62.5 Å². The number of halogens is 1. The van der Waals surface area contributed by atoms with Crippen LogP contribution in [0.1, 0.15) is 31.9 Å². The molecule has 2 rings (SSSR count). The topological polar surface area (TPSA) is 66.3 Å². The van der Waals surface area contributed by atoms with Gasteiger partial charge in [0.05, 0.1) is 26.4 Å². The molecule has 0 aliphatic carbocycles. The van der Waals surface area contributed by atoms with Crippen molar-refractivity contribution in [1.82, 2.24) is 10.2 Å². The molecule has 1 aliphatic rings. The highest BCUT2D eigenvalue weighted by Gasteiger charge is 2.25. The average molecular weight is 477 g/mol. The van der Waals surface area contributed by atoms with Gasteiger partial charge < -0.3 is 24.8 Å². The fourth-order valence-corrected chi connectivity index (χ4v) is 3.00. The van der Waals surface area contributed by atoms with E-state index in [9.17, 15) is 5.11 Å². The predicted octanol–water partition coefficient (Wildman–Crippen LogP) is 2.67. The molecule has 2 unspecified atom stereocenters. The molecular weight excluding hydrogens is 445 g/mol. The van der Waals surface area contributed by atoms with Crippen LogP contribution in [0.2, 0.25) is 0 Å². The molecule has 0 saturated carbocycles. The number of aliphatic hydroxyl groups excluding tert-OH is 1. The van der Waals surface area contributed by atoms with E-state index in [1.807, 2.05) is 31.2 Å². The summed E-state index contributed by atoms with van der Waals surface area (Å²) in [6.07, 6.45) is 0.466. The SMILES string of the molecule is CCNC(=NCC(O)c1cccc(OC)c1)N1CCC(COCC)C1.I. The average Bonchev–Trinajstić information content (AvgIpc) is 3.12. The van der Waals surface area contributed by atoms with E-state index in [2.05, 4.69) is 22.1 Å². The molecule has 1 aliphatic heterocycles. The number of nitrogens with one attached hydrogen (secondary N) is 1. The number of hydrogen-bond acceptors (Lipinski definition) is 4. The summed E-state index contributed by atoms with van der Waals surface area (Å²) < 4.78 is 10.8. The molecule has 2 atom stereocenters. The number of aliphatic hydroxyl groups is 1. The molecule has 0 radical (unpaired) electrons. The standard InChI is InChI=1S/C19H31N3O3.HI/c1-4-20-19(22-10-9-15(13-22)14-25-5-2)21-12-18(23)16-7-6-8-17(11-16)24-3;/h6-8,11,15,18,23H,4-5,9-10,12-14H2,1-3H3,(H,20,21);1H. The molecule has 148 valence electrons. The Kier molecular flexibility index (Phi) is 10.9. The number of guanidine groups is 1. The van der Waals surface area contributed by atoms with Crippen LogP contribution in [0.4, 0.5) is 0 Å². The van der Waals surface area contributed by atoms with Crippen molar-refractivity contribution in [2.45, 2.75) is 26.4 Å². The van der Waals surface area contributed by atoms with Gasteiger partial charge >= 0.3 is 0 Å². The first-order valence-electron chi connectivity index (χ1n) is 9.10. The van der Waals surface area contributed by atoms with E-state index in [0.29, 0.717) is 12.5 Å². The van der Waals surface area contributed by atoms with Crippen molar-refractivity contribution in [3.63, 3.8) is 0 Å². The molecular formula is C19H32IN3O3. The Labute approximate surface area is 174 Å². The second-order valence-corrected chi connectivity index (χ2v) is 6.25. The highest BCUT2D eigenvalue weighted by molar-refractivity contribution is 14.0. The van der Waals surface area contributed by atoms with Gasteiger partial charge in [-0.3, -0.25) is 4.99 Å². The largest absolute Gasteiger partial charge is 0.497 e. The first kappa shape index (κ1) is 23.0. The van der Waals surface area contributed by atoms with E-state index in [1.165, 1.54) is 0 Å². The Morgan fingerprint density at radius 1 is 1.42 bits per heavy atom. The first-order valence-corrected chi connectivity index (χ1v) is 9.10. The van der Waals surface area contributed by atoms with Gasteiger partial charge in [-0.15, -0.1) is 24.0 Å². The highest BCUT2D eigenvalue weighted by atomic mass is 127. The van der Waals surface area contributed by atoms with Crippen LogP contribution in [0.25, 0.3) is 0 Å². The number of benzene rings is 1. The molecule has 1 heterocycles. The van der Waals surface area contributed by atoms with Crippen molar-refractivity contribution >= 4 is 29.9 Å². The molecule has 0 spiro atoms. The van der Waals surface area contributed by atoms with Crippen molar-refractivity contribution in [2.24, 2.45) is 10.9 Å². The maximum absolute atomic E-state index is 10.4. The monoisotopic (exact) mass is 477 g/mol. The third kappa shape index (κ3) is 6.92. The van der Waals surface area contributed by atoms with Crippen LogP contribution in [-0.2, 0) is 4.74 Å². The van der Waals surface area contributed by atoms with E-state index < -0.39 is 6.10 Å². The van der Waals surface area contributed by atoms with Gasteiger partial charge in [0.25, 0.3) is 0 Å². The van der Waals surface area contributed by atoms with Gasteiger partial charge in [0.2, 0.25) is 0 Å². The fourth-order valence-electron chi connectivity index (χ4n) is 3.00. The third-order valence-electron chi connectivity index (χ3n) is 4.37. The number of aliphatic imine (C=N–C) groups is 1. The van der Waals surface area contributed by atoms with Crippen LogP contribution in [0, 0.1) is 5.92 Å². The van der Waals surface area contributed by atoms with E-state index in [-0.39, 0.29) is 24.0 Å². The lowest BCUT2D eigenvalue weighted by atomic mass is 10.1. The fraction of sp³-hybridized carbons (Fsp3) is 0.632. The summed E-state index contributed by atoms with van der Waals surface area (Å²) in [5.41, 5.74) is 0.814. The summed E-state index contributed by atoms with van der Waals surface area (Å²) in [5, 5.41) is 13.8. The normalized spacial score (nSPS) is 18.4. The Balaban J connectivity index is 0.00000338. The Morgan fingerprint density at radius 3 is 2.92 bits per heavy atom. The Hall–Kier alpha value is -1.06. The van der Waals surface area contributed by atoms with Gasteiger partial charge in [-0.05, 0) is 38.0 Å². The van der Waals surface area contributed by atoms with E-state index in [1.54, 1.807) is 7.11 Å². The summed E-state index contributed by atoms with van der Waals surface area (Å²) in [6, 6.07) is 7.49. The predicted molar refractivity (Wildman–Crippen MR) is 116 cm³/mol. The summed E-state index contributed by atoms with van der Waals surface area (Å²) in [6.45, 7) is 8.69. The maximum Gasteiger partial charge on any atom is 0.194 e. The van der Waals surface area contributed by atoms with Crippen molar-refractivity contribution in [3.05, 3.63) is 29.8 Å². The lowest BCUT2D eigenvalue weighted by Gasteiger charge is -2.22. The van der Waals surface area contributed by atoms with Gasteiger partial charge in [-0.1, -0.05) is 12.1 Å². The molecule has 6 nitrogen and oxygen atoms in total. The molecule has 0 bridgehead atoms. The number of rotatable bonds is 8. The third-order valence-corrected chi connectivity index (χ3v) is 4.37. The zero-order valence-corrected chi connectivity index (χ0v) is 18.3. The molecule has 0 amide bonds. The quantitative estimate of drug-likeness (QED) is 0.343. The Bertz CT molecular complexity index is 557. The highest BCUT2D eigenvalue weighted by Crippen LogP contribution is 2.20. The number of hydrogen-bond donors (Lipinski definition) is 2. The zero-order chi connectivity index (χ0) is 18.1. The van der Waals surface area contributed by atoms with Crippen molar-refractivity contribution < 1.29 is 14.6 Å². The number of likely N-dealkylation sites (tertiary alicyclic amines) is 1. The summed E-state index contributed by atoms with van der Waals surface area (Å²) in [7, 11) is 1.62. The van der Waals surface area contributed by atoms with Gasteiger partial charge in [0.15, 0.2) is 5.96 Å². The minimum absolute atomic E-state index is 0. The van der Waals surface area contributed by atoms with Crippen LogP contribution in [0.15, 0.2) is 29.3 Å².